The Hall–Kier alpha value is -1.32. The summed E-state index contributed by atoms with van der Waals surface area (Å²) in [5.74, 6) is 1.01. The molecule has 0 atom stereocenters. The second-order valence-corrected chi connectivity index (χ2v) is 5.01. The normalized spacial score (nSPS) is 24.0. The number of alkyl halides is 2. The van der Waals surface area contributed by atoms with Crippen molar-refractivity contribution in [2.45, 2.75) is 45.3 Å². The van der Waals surface area contributed by atoms with Gasteiger partial charge >= 0.3 is 6.61 Å². The van der Waals surface area contributed by atoms with Crippen LogP contribution in [0.1, 0.15) is 32.6 Å². The molecule has 2 rings (SSSR count). The standard InChI is InChI=1S/C14H19F2NO/c1-10-5-7-11(8-6-10)17-12-3-2-4-13(9-12)18-14(15)16/h2-4,9-11,14,17H,5-8H2,1H3. The third-order valence-electron chi connectivity index (χ3n) is 3.45. The molecule has 1 fully saturated rings. The van der Waals surface area contributed by atoms with Gasteiger partial charge < -0.3 is 10.1 Å². The fourth-order valence-electron chi connectivity index (χ4n) is 2.40. The molecule has 1 aliphatic carbocycles. The molecule has 0 unspecified atom stereocenters. The summed E-state index contributed by atoms with van der Waals surface area (Å²) in [4.78, 5) is 0. The van der Waals surface area contributed by atoms with Crippen molar-refractivity contribution >= 4 is 5.69 Å². The smallest absolute Gasteiger partial charge is 0.387 e. The van der Waals surface area contributed by atoms with E-state index in [1.165, 1.54) is 12.8 Å². The lowest BCUT2D eigenvalue weighted by atomic mass is 9.87. The van der Waals surface area contributed by atoms with Crippen LogP contribution in [0.4, 0.5) is 14.5 Å². The molecule has 4 heteroatoms. The van der Waals surface area contributed by atoms with Gasteiger partial charge in [-0.25, -0.2) is 0 Å². The maximum atomic E-state index is 12.1. The number of benzene rings is 1. The zero-order valence-corrected chi connectivity index (χ0v) is 10.5. The molecule has 0 aromatic heterocycles. The molecule has 18 heavy (non-hydrogen) atoms. The van der Waals surface area contributed by atoms with Crippen molar-refractivity contribution < 1.29 is 13.5 Å². The van der Waals surface area contributed by atoms with Crippen LogP contribution in [0, 0.1) is 5.92 Å². The van der Waals surface area contributed by atoms with Gasteiger partial charge in [0.1, 0.15) is 5.75 Å². The summed E-state index contributed by atoms with van der Waals surface area (Å²) < 4.78 is 28.6. The molecular formula is C14H19F2NO. The van der Waals surface area contributed by atoms with Gasteiger partial charge in [-0.15, -0.1) is 0 Å². The minimum Gasteiger partial charge on any atom is -0.435 e. The highest BCUT2D eigenvalue weighted by molar-refractivity contribution is 5.48. The molecule has 0 amide bonds. The van der Waals surface area contributed by atoms with Crippen LogP contribution >= 0.6 is 0 Å². The Bertz CT molecular complexity index is 376. The number of rotatable bonds is 4. The van der Waals surface area contributed by atoms with Crippen molar-refractivity contribution in [2.75, 3.05) is 5.32 Å². The molecule has 1 aromatic rings. The van der Waals surface area contributed by atoms with Gasteiger partial charge in [-0.3, -0.25) is 0 Å². The topological polar surface area (TPSA) is 21.3 Å². The third kappa shape index (κ3) is 3.86. The van der Waals surface area contributed by atoms with E-state index in [-0.39, 0.29) is 5.75 Å². The van der Waals surface area contributed by atoms with Gasteiger partial charge in [0.15, 0.2) is 0 Å². The lowest BCUT2D eigenvalue weighted by Gasteiger charge is -2.27. The number of halogens is 2. The fourth-order valence-corrected chi connectivity index (χ4v) is 2.40. The maximum absolute atomic E-state index is 12.1. The Kier molecular flexibility index (Phi) is 4.39. The number of hydrogen-bond acceptors (Lipinski definition) is 2. The van der Waals surface area contributed by atoms with Crippen LogP contribution in [-0.2, 0) is 0 Å². The third-order valence-corrected chi connectivity index (χ3v) is 3.45. The van der Waals surface area contributed by atoms with E-state index in [1.807, 2.05) is 6.07 Å². The first kappa shape index (κ1) is 13.1. The lowest BCUT2D eigenvalue weighted by Crippen LogP contribution is -2.25. The van der Waals surface area contributed by atoms with E-state index in [4.69, 9.17) is 0 Å². The molecule has 0 bridgehead atoms. The Balaban J connectivity index is 1.92. The molecule has 100 valence electrons. The largest absolute Gasteiger partial charge is 0.435 e. The molecule has 1 saturated carbocycles. The molecule has 0 radical (unpaired) electrons. The zero-order valence-electron chi connectivity index (χ0n) is 10.5. The van der Waals surface area contributed by atoms with Crippen molar-refractivity contribution in [2.24, 2.45) is 5.92 Å². The van der Waals surface area contributed by atoms with Gasteiger partial charge in [-0.05, 0) is 43.7 Å². The van der Waals surface area contributed by atoms with Crippen LogP contribution in [0.3, 0.4) is 0 Å². The van der Waals surface area contributed by atoms with Crippen LogP contribution < -0.4 is 10.1 Å². The van der Waals surface area contributed by atoms with Crippen molar-refractivity contribution in [3.63, 3.8) is 0 Å². The Morgan fingerprint density at radius 1 is 1.22 bits per heavy atom. The highest BCUT2D eigenvalue weighted by Gasteiger charge is 2.18. The summed E-state index contributed by atoms with van der Waals surface area (Å²) in [7, 11) is 0. The van der Waals surface area contributed by atoms with Crippen LogP contribution in [0.25, 0.3) is 0 Å². The highest BCUT2D eigenvalue weighted by Crippen LogP contribution is 2.27. The van der Waals surface area contributed by atoms with Gasteiger partial charge in [-0.2, -0.15) is 8.78 Å². The summed E-state index contributed by atoms with van der Waals surface area (Å²) in [6, 6.07) is 7.23. The number of ether oxygens (including phenoxy) is 1. The van der Waals surface area contributed by atoms with Crippen molar-refractivity contribution in [1.29, 1.82) is 0 Å². The molecule has 1 aromatic carbocycles. The molecule has 0 heterocycles. The summed E-state index contributed by atoms with van der Waals surface area (Å²) in [5.41, 5.74) is 0.854. The van der Waals surface area contributed by atoms with Gasteiger partial charge in [0, 0.05) is 17.8 Å². The van der Waals surface area contributed by atoms with Crippen LogP contribution in [0.5, 0.6) is 5.75 Å². The van der Waals surface area contributed by atoms with Crippen LogP contribution in [0.2, 0.25) is 0 Å². The maximum Gasteiger partial charge on any atom is 0.387 e. The molecule has 1 N–H and O–H groups in total. The molecule has 2 nitrogen and oxygen atoms in total. The summed E-state index contributed by atoms with van der Waals surface area (Å²) in [6.45, 7) is -0.497. The van der Waals surface area contributed by atoms with E-state index in [0.717, 1.165) is 24.4 Å². The van der Waals surface area contributed by atoms with E-state index >= 15 is 0 Å². The Labute approximate surface area is 106 Å². The highest BCUT2D eigenvalue weighted by atomic mass is 19.3. The second-order valence-electron chi connectivity index (χ2n) is 5.01. The van der Waals surface area contributed by atoms with E-state index in [0.29, 0.717) is 6.04 Å². The molecular weight excluding hydrogens is 236 g/mol. The van der Waals surface area contributed by atoms with Crippen molar-refractivity contribution in [1.82, 2.24) is 0 Å². The number of nitrogens with one attached hydrogen (secondary N) is 1. The van der Waals surface area contributed by atoms with Crippen molar-refractivity contribution in [3.05, 3.63) is 24.3 Å². The van der Waals surface area contributed by atoms with E-state index < -0.39 is 6.61 Å². The van der Waals surface area contributed by atoms with Crippen molar-refractivity contribution in [3.8, 4) is 5.75 Å². The summed E-state index contributed by atoms with van der Waals surface area (Å²) in [5, 5.41) is 3.39. The average Bonchev–Trinajstić information content (AvgIpc) is 2.32. The van der Waals surface area contributed by atoms with Gasteiger partial charge in [0.05, 0.1) is 0 Å². The summed E-state index contributed by atoms with van der Waals surface area (Å²) >= 11 is 0. The minimum absolute atomic E-state index is 0.208. The fraction of sp³-hybridized carbons (Fsp3) is 0.571. The zero-order chi connectivity index (χ0) is 13.0. The average molecular weight is 255 g/mol. The monoisotopic (exact) mass is 255 g/mol. The predicted octanol–water partition coefficient (Wildman–Crippen LogP) is 4.28. The Morgan fingerprint density at radius 2 is 1.94 bits per heavy atom. The lowest BCUT2D eigenvalue weighted by molar-refractivity contribution is -0.0498. The molecule has 1 aliphatic rings. The second kappa shape index (κ2) is 6.03. The van der Waals surface area contributed by atoms with E-state index in [9.17, 15) is 8.78 Å². The van der Waals surface area contributed by atoms with Gasteiger partial charge in [0.25, 0.3) is 0 Å². The first-order chi connectivity index (χ1) is 8.63. The summed E-state index contributed by atoms with van der Waals surface area (Å²) in [6.07, 6.45) is 4.73. The Morgan fingerprint density at radius 3 is 2.61 bits per heavy atom. The first-order valence-electron chi connectivity index (χ1n) is 6.45. The molecule has 0 spiro atoms. The quantitative estimate of drug-likeness (QED) is 0.867. The van der Waals surface area contributed by atoms with Crippen LogP contribution in [-0.4, -0.2) is 12.7 Å². The van der Waals surface area contributed by atoms with E-state index in [2.05, 4.69) is 17.0 Å². The number of hydrogen-bond donors (Lipinski definition) is 1. The molecule has 0 saturated heterocycles. The molecule has 0 aliphatic heterocycles. The van der Waals surface area contributed by atoms with E-state index in [1.54, 1.807) is 18.2 Å². The SMILES string of the molecule is CC1CCC(Nc2cccc(OC(F)F)c2)CC1. The number of anilines is 1. The predicted molar refractivity (Wildman–Crippen MR) is 68.1 cm³/mol. The van der Waals surface area contributed by atoms with Gasteiger partial charge in [-0.1, -0.05) is 13.0 Å². The first-order valence-corrected chi connectivity index (χ1v) is 6.45. The van der Waals surface area contributed by atoms with Gasteiger partial charge in [0.2, 0.25) is 0 Å². The minimum atomic E-state index is -2.77. The van der Waals surface area contributed by atoms with Crippen LogP contribution in [0.15, 0.2) is 24.3 Å².